The lowest BCUT2D eigenvalue weighted by molar-refractivity contribution is -0.127. The lowest BCUT2D eigenvalue weighted by atomic mass is 9.91. The summed E-state index contributed by atoms with van der Waals surface area (Å²) < 4.78 is 0. The fourth-order valence-corrected chi connectivity index (χ4v) is 1.99. The van der Waals surface area contributed by atoms with Crippen LogP contribution in [0.1, 0.15) is 52.4 Å². The van der Waals surface area contributed by atoms with Gasteiger partial charge in [0, 0.05) is 6.04 Å². The van der Waals surface area contributed by atoms with Gasteiger partial charge in [-0.3, -0.25) is 4.79 Å². The average molecular weight is 242 g/mol. The summed E-state index contributed by atoms with van der Waals surface area (Å²) in [5.41, 5.74) is 4.84. The van der Waals surface area contributed by atoms with Gasteiger partial charge in [0.25, 0.3) is 0 Å². The van der Waals surface area contributed by atoms with Gasteiger partial charge in [-0.2, -0.15) is 0 Å². The van der Waals surface area contributed by atoms with Crippen LogP contribution in [-0.4, -0.2) is 16.9 Å². The van der Waals surface area contributed by atoms with Crippen LogP contribution in [-0.2, 0) is 4.79 Å². The Hall–Kier alpha value is -0.640. The maximum absolute atomic E-state index is 12.0. The lowest BCUT2D eigenvalue weighted by Gasteiger charge is -2.25. The molecule has 1 rings (SSSR count). The Morgan fingerprint density at radius 2 is 1.75 bits per heavy atom. The highest BCUT2D eigenvalue weighted by Gasteiger charge is 2.32. The van der Waals surface area contributed by atoms with Crippen molar-refractivity contribution >= 4 is 23.1 Å². The first-order chi connectivity index (χ1) is 7.44. The molecule has 0 aromatic heterocycles. The zero-order chi connectivity index (χ0) is 12.2. The smallest absolute Gasteiger partial charge is 0.232 e. The van der Waals surface area contributed by atoms with Crippen molar-refractivity contribution in [2.75, 3.05) is 0 Å². The van der Waals surface area contributed by atoms with E-state index in [-0.39, 0.29) is 10.9 Å². The van der Waals surface area contributed by atoms with Gasteiger partial charge >= 0.3 is 0 Å². The Labute approximate surface area is 103 Å². The molecule has 4 heteroatoms. The van der Waals surface area contributed by atoms with Gasteiger partial charge in [0.15, 0.2) is 0 Å². The third kappa shape index (κ3) is 3.44. The highest BCUT2D eigenvalue weighted by atomic mass is 32.1. The van der Waals surface area contributed by atoms with Crippen molar-refractivity contribution in [3.8, 4) is 0 Å². The van der Waals surface area contributed by atoms with Gasteiger partial charge in [0.2, 0.25) is 5.91 Å². The van der Waals surface area contributed by atoms with Crippen LogP contribution >= 0.6 is 12.2 Å². The molecule has 0 bridgehead atoms. The number of nitrogens with one attached hydrogen (secondary N) is 1. The fraction of sp³-hybridized carbons (Fsp3) is 0.833. The summed E-state index contributed by atoms with van der Waals surface area (Å²) >= 11 is 4.92. The molecule has 0 aromatic rings. The normalized spacial score (nSPS) is 18.9. The molecule has 0 unspecified atom stereocenters. The van der Waals surface area contributed by atoms with Gasteiger partial charge in [0.1, 0.15) is 0 Å². The van der Waals surface area contributed by atoms with Gasteiger partial charge in [-0.1, -0.05) is 37.9 Å². The quantitative estimate of drug-likeness (QED) is 0.589. The number of carbonyl (C=O) groups excluding carboxylic acids is 1. The highest BCUT2D eigenvalue weighted by molar-refractivity contribution is 7.80. The Bertz CT molecular complexity index is 268. The van der Waals surface area contributed by atoms with Crippen LogP contribution in [0.15, 0.2) is 0 Å². The molecular weight excluding hydrogens is 220 g/mol. The summed E-state index contributed by atoms with van der Waals surface area (Å²) in [6.07, 6.45) is 7.14. The average Bonchev–Trinajstić information content (AvgIpc) is 2.46. The number of amides is 1. The minimum absolute atomic E-state index is 0.0353. The van der Waals surface area contributed by atoms with Crippen LogP contribution in [0.2, 0.25) is 0 Å². The van der Waals surface area contributed by atoms with Crippen LogP contribution in [0.5, 0.6) is 0 Å². The maximum Gasteiger partial charge on any atom is 0.232 e. The van der Waals surface area contributed by atoms with E-state index in [1.807, 2.05) is 0 Å². The molecule has 1 saturated carbocycles. The molecule has 16 heavy (non-hydrogen) atoms. The molecule has 1 fully saturated rings. The molecule has 0 spiro atoms. The molecule has 0 atom stereocenters. The third-order valence-corrected chi connectivity index (χ3v) is 3.88. The van der Waals surface area contributed by atoms with Gasteiger partial charge in [-0.25, -0.2) is 0 Å². The van der Waals surface area contributed by atoms with Gasteiger partial charge in [-0.15, -0.1) is 0 Å². The molecule has 1 aliphatic rings. The molecule has 0 aromatic carbocycles. The van der Waals surface area contributed by atoms with E-state index in [0.717, 1.165) is 12.8 Å². The van der Waals surface area contributed by atoms with Gasteiger partial charge in [0.05, 0.1) is 10.4 Å². The van der Waals surface area contributed by atoms with Crippen molar-refractivity contribution in [1.29, 1.82) is 0 Å². The van der Waals surface area contributed by atoms with Gasteiger partial charge in [-0.05, 0) is 26.7 Å². The van der Waals surface area contributed by atoms with E-state index in [4.69, 9.17) is 18.0 Å². The van der Waals surface area contributed by atoms with E-state index < -0.39 is 5.41 Å². The van der Waals surface area contributed by atoms with E-state index in [0.29, 0.717) is 6.04 Å². The summed E-state index contributed by atoms with van der Waals surface area (Å²) in [7, 11) is 0. The second-order valence-electron chi connectivity index (χ2n) is 5.15. The van der Waals surface area contributed by atoms with E-state index >= 15 is 0 Å². The summed E-state index contributed by atoms with van der Waals surface area (Å²) in [5.74, 6) is -0.0353. The van der Waals surface area contributed by atoms with Crippen molar-refractivity contribution in [2.45, 2.75) is 58.4 Å². The minimum Gasteiger partial charge on any atom is -0.392 e. The first-order valence-corrected chi connectivity index (χ1v) is 6.46. The van der Waals surface area contributed by atoms with E-state index in [2.05, 4.69) is 5.32 Å². The standard InChI is InChI=1S/C12H22N2OS/c1-12(2,10(13)16)11(15)14-9-7-5-3-4-6-8-9/h9H,3-8H2,1-2H3,(H2,13,16)(H,14,15). The number of rotatable bonds is 3. The van der Waals surface area contributed by atoms with Crippen LogP contribution in [0.4, 0.5) is 0 Å². The minimum atomic E-state index is -0.734. The van der Waals surface area contributed by atoms with Crippen molar-refractivity contribution < 1.29 is 4.79 Å². The number of hydrogen-bond donors (Lipinski definition) is 2. The zero-order valence-corrected chi connectivity index (χ0v) is 11.0. The topological polar surface area (TPSA) is 55.1 Å². The number of carbonyl (C=O) groups is 1. The van der Waals surface area contributed by atoms with E-state index in [9.17, 15) is 4.79 Å². The van der Waals surface area contributed by atoms with Crippen molar-refractivity contribution in [3.05, 3.63) is 0 Å². The second-order valence-corrected chi connectivity index (χ2v) is 5.59. The monoisotopic (exact) mass is 242 g/mol. The van der Waals surface area contributed by atoms with Crippen molar-refractivity contribution in [1.82, 2.24) is 5.32 Å². The van der Waals surface area contributed by atoms with Crippen LogP contribution in [0, 0.1) is 5.41 Å². The Balaban J connectivity index is 2.52. The van der Waals surface area contributed by atoms with E-state index in [1.54, 1.807) is 13.8 Å². The number of nitrogens with two attached hydrogens (primary N) is 1. The molecule has 3 N–H and O–H groups in total. The first kappa shape index (κ1) is 13.4. The number of hydrogen-bond acceptors (Lipinski definition) is 2. The molecule has 1 amide bonds. The fourth-order valence-electron chi connectivity index (χ4n) is 1.90. The zero-order valence-electron chi connectivity index (χ0n) is 10.2. The summed E-state index contributed by atoms with van der Waals surface area (Å²) in [6, 6.07) is 0.309. The third-order valence-electron chi connectivity index (χ3n) is 3.37. The molecule has 0 saturated heterocycles. The van der Waals surface area contributed by atoms with E-state index in [1.165, 1.54) is 25.7 Å². The molecule has 3 nitrogen and oxygen atoms in total. The molecular formula is C12H22N2OS. The van der Waals surface area contributed by atoms with Gasteiger partial charge < -0.3 is 11.1 Å². The highest BCUT2D eigenvalue weighted by Crippen LogP contribution is 2.20. The van der Waals surface area contributed by atoms with Crippen LogP contribution < -0.4 is 11.1 Å². The Morgan fingerprint density at radius 1 is 1.25 bits per heavy atom. The largest absolute Gasteiger partial charge is 0.392 e. The predicted octanol–water partition coefficient (Wildman–Crippen LogP) is 2.14. The molecule has 0 aliphatic heterocycles. The van der Waals surface area contributed by atoms with Crippen LogP contribution in [0.3, 0.4) is 0 Å². The van der Waals surface area contributed by atoms with Crippen molar-refractivity contribution in [2.24, 2.45) is 11.1 Å². The molecule has 0 heterocycles. The number of thiocarbonyl (C=S) groups is 1. The Kier molecular flexibility index (Phi) is 4.71. The van der Waals surface area contributed by atoms with Crippen molar-refractivity contribution in [3.63, 3.8) is 0 Å². The summed E-state index contributed by atoms with van der Waals surface area (Å²) in [4.78, 5) is 12.3. The Morgan fingerprint density at radius 3 is 2.19 bits per heavy atom. The molecule has 1 aliphatic carbocycles. The predicted molar refractivity (Wildman–Crippen MR) is 70.2 cm³/mol. The molecule has 0 radical (unpaired) electrons. The summed E-state index contributed by atoms with van der Waals surface area (Å²) in [6.45, 7) is 3.56. The summed E-state index contributed by atoms with van der Waals surface area (Å²) in [5, 5.41) is 3.07. The maximum atomic E-state index is 12.0. The van der Waals surface area contributed by atoms with Crippen LogP contribution in [0.25, 0.3) is 0 Å². The lowest BCUT2D eigenvalue weighted by Crippen LogP contribution is -2.48. The molecule has 92 valence electrons. The SMILES string of the molecule is CC(C)(C(=O)NC1CCCCCC1)C(N)=S. The second kappa shape index (κ2) is 5.62. The first-order valence-electron chi connectivity index (χ1n) is 6.05.